The van der Waals surface area contributed by atoms with E-state index >= 15 is 0 Å². The Morgan fingerprint density at radius 3 is 2.56 bits per heavy atom. The molecule has 1 aromatic carbocycles. The molecule has 0 unspecified atom stereocenters. The maximum absolute atomic E-state index is 13.7. The number of ketones is 1. The summed E-state index contributed by atoms with van der Waals surface area (Å²) >= 11 is 3.19. The van der Waals surface area contributed by atoms with Crippen molar-refractivity contribution in [3.63, 3.8) is 0 Å². The first-order chi connectivity index (χ1) is 8.51. The van der Waals surface area contributed by atoms with E-state index in [-0.39, 0.29) is 5.56 Å². The van der Waals surface area contributed by atoms with E-state index in [1.165, 1.54) is 25.3 Å². The minimum absolute atomic E-state index is 0.0607. The van der Waals surface area contributed by atoms with E-state index in [9.17, 15) is 14.0 Å². The second kappa shape index (κ2) is 4.80. The molecule has 0 aliphatic heterocycles. The Morgan fingerprint density at radius 1 is 1.39 bits per heavy atom. The van der Waals surface area contributed by atoms with Gasteiger partial charge in [0.25, 0.3) is 0 Å². The Balaban J connectivity index is 2.41. The van der Waals surface area contributed by atoms with Gasteiger partial charge in [0.2, 0.25) is 0 Å². The third kappa shape index (κ3) is 1.96. The van der Waals surface area contributed by atoms with E-state index in [0.717, 1.165) is 6.42 Å². The lowest BCUT2D eigenvalue weighted by molar-refractivity contribution is -0.153. The van der Waals surface area contributed by atoms with E-state index in [4.69, 9.17) is 0 Å². The fourth-order valence-corrected chi connectivity index (χ4v) is 2.54. The number of esters is 1. The molecule has 0 heterocycles. The van der Waals surface area contributed by atoms with Crippen LogP contribution in [0.2, 0.25) is 0 Å². The standard InChI is InChI=1S/C13H12BrFO3/c1-18-12(17)13(5-2-6-13)11(16)9-7-8(14)3-4-10(9)15/h3-4,7H,2,5-6H2,1H3. The molecule has 3 nitrogen and oxygen atoms in total. The molecule has 0 N–H and O–H groups in total. The monoisotopic (exact) mass is 314 g/mol. The summed E-state index contributed by atoms with van der Waals surface area (Å²) in [7, 11) is 1.24. The molecule has 0 spiro atoms. The Morgan fingerprint density at radius 2 is 2.06 bits per heavy atom. The van der Waals surface area contributed by atoms with Crippen LogP contribution in [0.4, 0.5) is 4.39 Å². The maximum Gasteiger partial charge on any atom is 0.319 e. The minimum Gasteiger partial charge on any atom is -0.468 e. The zero-order valence-electron chi connectivity index (χ0n) is 9.83. The maximum atomic E-state index is 13.7. The van der Waals surface area contributed by atoms with Crippen molar-refractivity contribution in [2.75, 3.05) is 7.11 Å². The number of ether oxygens (including phenoxy) is 1. The molecule has 0 amide bonds. The number of rotatable bonds is 3. The molecule has 0 atom stereocenters. The average Bonchev–Trinajstić information content (AvgIpc) is 2.30. The molecule has 0 saturated heterocycles. The summed E-state index contributed by atoms with van der Waals surface area (Å²) in [6.07, 6.45) is 1.62. The summed E-state index contributed by atoms with van der Waals surface area (Å²) in [5, 5.41) is 0. The van der Waals surface area contributed by atoms with Crippen molar-refractivity contribution in [1.29, 1.82) is 0 Å². The molecule has 1 aliphatic rings. The second-order valence-corrected chi connectivity index (χ2v) is 5.30. The first kappa shape index (κ1) is 13.2. The van der Waals surface area contributed by atoms with E-state index in [0.29, 0.717) is 17.3 Å². The van der Waals surface area contributed by atoms with Gasteiger partial charge in [0, 0.05) is 4.47 Å². The highest BCUT2D eigenvalue weighted by atomic mass is 79.9. The number of hydrogen-bond acceptors (Lipinski definition) is 3. The number of hydrogen-bond donors (Lipinski definition) is 0. The number of carbonyl (C=O) groups excluding carboxylic acids is 2. The van der Waals surface area contributed by atoms with Crippen molar-refractivity contribution < 1.29 is 18.7 Å². The van der Waals surface area contributed by atoms with Gasteiger partial charge < -0.3 is 4.74 Å². The fourth-order valence-electron chi connectivity index (χ4n) is 2.18. The van der Waals surface area contributed by atoms with E-state index in [1.807, 2.05) is 0 Å². The van der Waals surface area contributed by atoms with Crippen molar-refractivity contribution in [1.82, 2.24) is 0 Å². The molecule has 1 saturated carbocycles. The highest BCUT2D eigenvalue weighted by molar-refractivity contribution is 9.10. The SMILES string of the molecule is COC(=O)C1(C(=O)c2cc(Br)ccc2F)CCC1. The van der Waals surface area contributed by atoms with Crippen LogP contribution in [-0.4, -0.2) is 18.9 Å². The van der Waals surface area contributed by atoms with Gasteiger partial charge in [-0.1, -0.05) is 22.4 Å². The zero-order valence-corrected chi connectivity index (χ0v) is 11.4. The molecule has 1 fully saturated rings. The third-order valence-electron chi connectivity index (χ3n) is 3.39. The zero-order chi connectivity index (χ0) is 13.3. The van der Waals surface area contributed by atoms with E-state index in [2.05, 4.69) is 20.7 Å². The Kier molecular flexibility index (Phi) is 3.52. The van der Waals surface area contributed by atoms with Crippen molar-refractivity contribution >= 4 is 27.7 Å². The van der Waals surface area contributed by atoms with Crippen molar-refractivity contribution in [2.24, 2.45) is 5.41 Å². The Hall–Kier alpha value is -1.23. The number of carbonyl (C=O) groups is 2. The highest BCUT2D eigenvalue weighted by Crippen LogP contribution is 2.45. The lowest BCUT2D eigenvalue weighted by Crippen LogP contribution is -2.46. The van der Waals surface area contributed by atoms with Crippen molar-refractivity contribution in [3.05, 3.63) is 34.1 Å². The van der Waals surface area contributed by atoms with Crippen LogP contribution in [0, 0.1) is 11.2 Å². The number of Topliss-reactive ketones (excluding diaryl/α,β-unsaturated/α-hetero) is 1. The van der Waals surface area contributed by atoms with E-state index < -0.39 is 23.0 Å². The largest absolute Gasteiger partial charge is 0.468 e. The van der Waals surface area contributed by atoms with Crippen LogP contribution in [-0.2, 0) is 9.53 Å². The Bertz CT molecular complexity index is 509. The molecule has 18 heavy (non-hydrogen) atoms. The van der Waals surface area contributed by atoms with Crippen LogP contribution in [0.1, 0.15) is 29.6 Å². The van der Waals surface area contributed by atoms with Crippen LogP contribution >= 0.6 is 15.9 Å². The first-order valence-electron chi connectivity index (χ1n) is 5.59. The fraction of sp³-hybridized carbons (Fsp3) is 0.385. The molecule has 5 heteroatoms. The molecular formula is C13H12BrFO3. The lowest BCUT2D eigenvalue weighted by Gasteiger charge is -2.37. The van der Waals surface area contributed by atoms with Crippen LogP contribution in [0.5, 0.6) is 0 Å². The van der Waals surface area contributed by atoms with E-state index in [1.54, 1.807) is 0 Å². The van der Waals surface area contributed by atoms with Crippen LogP contribution in [0.3, 0.4) is 0 Å². The molecule has 1 aromatic rings. The summed E-state index contributed by atoms with van der Waals surface area (Å²) in [4.78, 5) is 24.1. The smallest absolute Gasteiger partial charge is 0.319 e. The van der Waals surface area contributed by atoms with Gasteiger partial charge in [-0.05, 0) is 31.0 Å². The second-order valence-electron chi connectivity index (χ2n) is 4.38. The molecule has 0 aromatic heterocycles. The molecule has 1 aliphatic carbocycles. The van der Waals surface area contributed by atoms with Gasteiger partial charge in [-0.25, -0.2) is 4.39 Å². The van der Waals surface area contributed by atoms with Crippen molar-refractivity contribution in [2.45, 2.75) is 19.3 Å². The topological polar surface area (TPSA) is 43.4 Å². The summed E-state index contributed by atoms with van der Waals surface area (Å²) < 4.78 is 19.0. The molecule has 0 radical (unpaired) electrons. The predicted molar refractivity (Wildman–Crippen MR) is 66.7 cm³/mol. The molecular weight excluding hydrogens is 303 g/mol. The van der Waals surface area contributed by atoms with Gasteiger partial charge in [-0.15, -0.1) is 0 Å². The van der Waals surface area contributed by atoms with Crippen LogP contribution < -0.4 is 0 Å². The van der Waals surface area contributed by atoms with Crippen LogP contribution in [0.25, 0.3) is 0 Å². The predicted octanol–water partition coefficient (Wildman–Crippen LogP) is 3.11. The molecule has 2 rings (SSSR count). The van der Waals surface area contributed by atoms with Gasteiger partial charge in [-0.3, -0.25) is 9.59 Å². The number of halogens is 2. The van der Waals surface area contributed by atoms with Gasteiger partial charge in [-0.2, -0.15) is 0 Å². The first-order valence-corrected chi connectivity index (χ1v) is 6.39. The van der Waals surface area contributed by atoms with Crippen LogP contribution in [0.15, 0.2) is 22.7 Å². The number of methoxy groups -OCH3 is 1. The average molecular weight is 315 g/mol. The van der Waals surface area contributed by atoms with Gasteiger partial charge >= 0.3 is 5.97 Å². The summed E-state index contributed by atoms with van der Waals surface area (Å²) in [6.45, 7) is 0. The summed E-state index contributed by atoms with van der Waals surface area (Å²) in [6, 6.07) is 4.12. The normalized spacial score (nSPS) is 16.8. The van der Waals surface area contributed by atoms with Gasteiger partial charge in [0.05, 0.1) is 12.7 Å². The van der Waals surface area contributed by atoms with Gasteiger partial charge in [0.15, 0.2) is 5.78 Å². The minimum atomic E-state index is -1.18. The van der Waals surface area contributed by atoms with Crippen molar-refractivity contribution in [3.8, 4) is 0 Å². The number of benzene rings is 1. The molecule has 0 bridgehead atoms. The quantitative estimate of drug-likeness (QED) is 0.489. The molecule has 96 valence electrons. The summed E-state index contributed by atoms with van der Waals surface area (Å²) in [5.74, 6) is -1.67. The highest BCUT2D eigenvalue weighted by Gasteiger charge is 2.52. The lowest BCUT2D eigenvalue weighted by atomic mass is 9.64. The Labute approximate surface area is 112 Å². The van der Waals surface area contributed by atoms with Gasteiger partial charge in [0.1, 0.15) is 11.2 Å². The summed E-state index contributed by atoms with van der Waals surface area (Å²) in [5.41, 5.74) is -1.24. The third-order valence-corrected chi connectivity index (χ3v) is 3.88.